The van der Waals surface area contributed by atoms with E-state index in [-0.39, 0.29) is 0 Å². The standard InChI is InChI=1S/C8H15N3O/c1-7(6-12-2)5-11-8(9)3-4-10-11/h3-4,7H,5-6,9H2,1-2H3. The summed E-state index contributed by atoms with van der Waals surface area (Å²) < 4.78 is 6.79. The lowest BCUT2D eigenvalue weighted by molar-refractivity contribution is 0.150. The van der Waals surface area contributed by atoms with Crippen LogP contribution in [0.4, 0.5) is 5.82 Å². The highest BCUT2D eigenvalue weighted by Crippen LogP contribution is 2.05. The van der Waals surface area contributed by atoms with Gasteiger partial charge in [0.05, 0.1) is 12.8 Å². The SMILES string of the molecule is COCC(C)Cn1nccc1N. The lowest BCUT2D eigenvalue weighted by Crippen LogP contribution is -2.15. The molecule has 1 aromatic rings. The average Bonchev–Trinajstić information content (AvgIpc) is 2.37. The van der Waals surface area contributed by atoms with E-state index in [0.29, 0.717) is 11.7 Å². The Kier molecular flexibility index (Phi) is 3.10. The zero-order chi connectivity index (χ0) is 8.97. The van der Waals surface area contributed by atoms with E-state index < -0.39 is 0 Å². The molecule has 0 fully saturated rings. The van der Waals surface area contributed by atoms with Crippen LogP contribution in [0.5, 0.6) is 0 Å². The number of nitrogen functional groups attached to an aromatic ring is 1. The van der Waals surface area contributed by atoms with E-state index in [1.807, 2.05) is 0 Å². The molecule has 0 spiro atoms. The van der Waals surface area contributed by atoms with Gasteiger partial charge in [-0.25, -0.2) is 4.68 Å². The van der Waals surface area contributed by atoms with Crippen molar-refractivity contribution >= 4 is 5.82 Å². The molecule has 4 nitrogen and oxygen atoms in total. The summed E-state index contributed by atoms with van der Waals surface area (Å²) in [7, 11) is 1.70. The van der Waals surface area contributed by atoms with Crippen molar-refractivity contribution in [2.45, 2.75) is 13.5 Å². The molecule has 0 aliphatic heterocycles. The highest BCUT2D eigenvalue weighted by atomic mass is 16.5. The zero-order valence-corrected chi connectivity index (χ0v) is 7.53. The monoisotopic (exact) mass is 169 g/mol. The van der Waals surface area contributed by atoms with Crippen molar-refractivity contribution in [2.75, 3.05) is 19.5 Å². The second-order valence-corrected chi connectivity index (χ2v) is 3.00. The van der Waals surface area contributed by atoms with E-state index in [0.717, 1.165) is 13.2 Å². The lowest BCUT2D eigenvalue weighted by Gasteiger charge is -2.10. The molecule has 0 aromatic carbocycles. The maximum absolute atomic E-state index is 5.64. The fraction of sp³-hybridized carbons (Fsp3) is 0.625. The van der Waals surface area contributed by atoms with Crippen molar-refractivity contribution in [1.82, 2.24) is 9.78 Å². The normalized spacial score (nSPS) is 13.2. The van der Waals surface area contributed by atoms with Gasteiger partial charge in [0.1, 0.15) is 5.82 Å². The van der Waals surface area contributed by atoms with Crippen LogP contribution in [0.25, 0.3) is 0 Å². The highest BCUT2D eigenvalue weighted by molar-refractivity contribution is 5.25. The molecule has 1 rings (SSSR count). The molecule has 0 amide bonds. The first-order valence-electron chi connectivity index (χ1n) is 4.00. The van der Waals surface area contributed by atoms with Crippen LogP contribution in [0.1, 0.15) is 6.92 Å². The molecule has 2 N–H and O–H groups in total. The first-order valence-corrected chi connectivity index (χ1v) is 4.00. The second kappa shape index (κ2) is 4.11. The summed E-state index contributed by atoms with van der Waals surface area (Å²) in [5.41, 5.74) is 5.64. The van der Waals surface area contributed by atoms with Crippen molar-refractivity contribution < 1.29 is 4.74 Å². The summed E-state index contributed by atoms with van der Waals surface area (Å²) in [6, 6.07) is 1.79. The van der Waals surface area contributed by atoms with E-state index in [1.54, 1.807) is 24.1 Å². The van der Waals surface area contributed by atoms with Gasteiger partial charge in [-0.15, -0.1) is 0 Å². The van der Waals surface area contributed by atoms with Gasteiger partial charge < -0.3 is 10.5 Å². The second-order valence-electron chi connectivity index (χ2n) is 3.00. The first kappa shape index (κ1) is 9.06. The molecule has 0 radical (unpaired) electrons. The van der Waals surface area contributed by atoms with Crippen LogP contribution < -0.4 is 5.73 Å². The minimum Gasteiger partial charge on any atom is -0.384 e. The van der Waals surface area contributed by atoms with E-state index >= 15 is 0 Å². The number of nitrogens with two attached hydrogens (primary N) is 1. The zero-order valence-electron chi connectivity index (χ0n) is 7.53. The summed E-state index contributed by atoms with van der Waals surface area (Å²) in [4.78, 5) is 0. The van der Waals surface area contributed by atoms with E-state index in [1.165, 1.54) is 0 Å². The maximum atomic E-state index is 5.64. The largest absolute Gasteiger partial charge is 0.384 e. The Morgan fingerprint density at radius 3 is 3.00 bits per heavy atom. The third-order valence-electron chi connectivity index (χ3n) is 1.69. The molecule has 1 heterocycles. The Morgan fingerprint density at radius 2 is 2.50 bits per heavy atom. The van der Waals surface area contributed by atoms with Gasteiger partial charge in [0, 0.05) is 13.7 Å². The molecule has 1 unspecified atom stereocenters. The van der Waals surface area contributed by atoms with Crippen LogP contribution in [-0.2, 0) is 11.3 Å². The summed E-state index contributed by atoms with van der Waals surface area (Å²) in [6.07, 6.45) is 1.70. The van der Waals surface area contributed by atoms with Gasteiger partial charge in [-0.05, 0) is 12.0 Å². The van der Waals surface area contributed by atoms with Gasteiger partial charge in [0.25, 0.3) is 0 Å². The number of anilines is 1. The fourth-order valence-corrected chi connectivity index (χ4v) is 1.13. The molecule has 0 aliphatic carbocycles. The molecule has 68 valence electrons. The molecule has 0 aliphatic rings. The predicted molar refractivity (Wildman–Crippen MR) is 47.7 cm³/mol. The summed E-state index contributed by atoms with van der Waals surface area (Å²) in [5, 5.41) is 4.07. The molecule has 4 heteroatoms. The number of hydrogen-bond donors (Lipinski definition) is 1. The summed E-state index contributed by atoms with van der Waals surface area (Å²) >= 11 is 0. The van der Waals surface area contributed by atoms with Crippen LogP contribution in [0.2, 0.25) is 0 Å². The Morgan fingerprint density at radius 1 is 1.75 bits per heavy atom. The minimum absolute atomic E-state index is 0.442. The van der Waals surface area contributed by atoms with Gasteiger partial charge >= 0.3 is 0 Å². The predicted octanol–water partition coefficient (Wildman–Crippen LogP) is 0.748. The molecule has 1 aromatic heterocycles. The van der Waals surface area contributed by atoms with Crippen LogP contribution in [0.3, 0.4) is 0 Å². The fourth-order valence-electron chi connectivity index (χ4n) is 1.13. The van der Waals surface area contributed by atoms with Crippen molar-refractivity contribution in [3.63, 3.8) is 0 Å². The number of ether oxygens (including phenoxy) is 1. The molecular weight excluding hydrogens is 154 g/mol. The molecular formula is C8H15N3O. The average molecular weight is 169 g/mol. The molecule has 12 heavy (non-hydrogen) atoms. The Hall–Kier alpha value is -1.03. The van der Waals surface area contributed by atoms with Gasteiger partial charge in [-0.3, -0.25) is 0 Å². The third kappa shape index (κ3) is 2.23. The topological polar surface area (TPSA) is 53.1 Å². The number of hydrogen-bond acceptors (Lipinski definition) is 3. The Bertz CT molecular complexity index is 234. The van der Waals surface area contributed by atoms with Crippen LogP contribution in [0.15, 0.2) is 12.3 Å². The maximum Gasteiger partial charge on any atom is 0.121 e. The van der Waals surface area contributed by atoms with Crippen molar-refractivity contribution in [2.24, 2.45) is 5.92 Å². The van der Waals surface area contributed by atoms with Gasteiger partial charge in [0.15, 0.2) is 0 Å². The van der Waals surface area contributed by atoms with Crippen LogP contribution in [0, 0.1) is 5.92 Å². The molecule has 0 saturated carbocycles. The molecule has 0 bridgehead atoms. The minimum atomic E-state index is 0.442. The number of aromatic nitrogens is 2. The summed E-state index contributed by atoms with van der Waals surface area (Å²) in [6.45, 7) is 3.65. The van der Waals surface area contributed by atoms with Gasteiger partial charge in [0.2, 0.25) is 0 Å². The molecule has 1 atom stereocenters. The van der Waals surface area contributed by atoms with E-state index in [2.05, 4.69) is 12.0 Å². The van der Waals surface area contributed by atoms with Crippen LogP contribution in [-0.4, -0.2) is 23.5 Å². The summed E-state index contributed by atoms with van der Waals surface area (Å²) in [5.74, 6) is 1.15. The highest BCUT2D eigenvalue weighted by Gasteiger charge is 2.04. The first-order chi connectivity index (χ1) is 5.74. The number of rotatable bonds is 4. The van der Waals surface area contributed by atoms with Gasteiger partial charge in [-0.1, -0.05) is 6.92 Å². The number of methoxy groups -OCH3 is 1. The Balaban J connectivity index is 2.46. The third-order valence-corrected chi connectivity index (χ3v) is 1.69. The molecule has 0 saturated heterocycles. The quantitative estimate of drug-likeness (QED) is 0.723. The van der Waals surface area contributed by atoms with Crippen molar-refractivity contribution in [1.29, 1.82) is 0 Å². The number of nitrogens with zero attached hydrogens (tertiary/aromatic N) is 2. The smallest absolute Gasteiger partial charge is 0.121 e. The Labute approximate surface area is 72.3 Å². The van der Waals surface area contributed by atoms with Crippen LogP contribution >= 0.6 is 0 Å². The van der Waals surface area contributed by atoms with E-state index in [9.17, 15) is 0 Å². The van der Waals surface area contributed by atoms with Crippen molar-refractivity contribution in [3.05, 3.63) is 12.3 Å². The van der Waals surface area contributed by atoms with Crippen molar-refractivity contribution in [3.8, 4) is 0 Å². The lowest BCUT2D eigenvalue weighted by atomic mass is 10.2. The van der Waals surface area contributed by atoms with E-state index in [4.69, 9.17) is 10.5 Å². The van der Waals surface area contributed by atoms with Gasteiger partial charge in [-0.2, -0.15) is 5.10 Å².